The fraction of sp³-hybridized carbons (Fsp3) is 0.167. The number of anilines is 1. The highest BCUT2D eigenvalue weighted by atomic mass is 16.2. The van der Waals surface area contributed by atoms with E-state index in [-0.39, 0.29) is 6.03 Å². The highest BCUT2D eigenvalue weighted by Gasteiger charge is 2.05. The van der Waals surface area contributed by atoms with E-state index in [1.54, 1.807) is 6.20 Å². The van der Waals surface area contributed by atoms with Crippen LogP contribution in [0.5, 0.6) is 0 Å². The Kier molecular flexibility index (Phi) is 4.77. The van der Waals surface area contributed by atoms with Crippen LogP contribution in [0, 0.1) is 20.8 Å². The number of benzene rings is 2. The normalized spacial score (nSPS) is 10.6. The summed E-state index contributed by atoms with van der Waals surface area (Å²) in [6.07, 6.45) is 3.52. The van der Waals surface area contributed by atoms with Crippen molar-refractivity contribution in [2.24, 2.45) is 0 Å². The van der Waals surface area contributed by atoms with Crippen LogP contribution >= 0.6 is 0 Å². The van der Waals surface area contributed by atoms with Crippen LogP contribution in [0.15, 0.2) is 48.7 Å². The number of aryl methyl sites for hydroxylation is 3. The number of para-hydroxylation sites is 1. The van der Waals surface area contributed by atoms with Gasteiger partial charge in [0, 0.05) is 11.9 Å². The smallest absolute Gasteiger partial charge is 0.314 e. The molecule has 0 aliphatic heterocycles. The third kappa shape index (κ3) is 4.21. The molecule has 3 heteroatoms. The van der Waals surface area contributed by atoms with E-state index in [4.69, 9.17) is 0 Å². The number of amides is 2. The number of hydrogen-bond donors (Lipinski definition) is 2. The maximum absolute atomic E-state index is 11.9. The van der Waals surface area contributed by atoms with Gasteiger partial charge in [-0.05, 0) is 43.5 Å². The maximum Gasteiger partial charge on any atom is 0.323 e. The number of nitrogens with one attached hydrogen (secondary N) is 2. The van der Waals surface area contributed by atoms with Gasteiger partial charge in [-0.3, -0.25) is 0 Å². The quantitative estimate of drug-likeness (QED) is 0.859. The number of urea groups is 1. The van der Waals surface area contributed by atoms with Crippen LogP contribution in [0.4, 0.5) is 10.5 Å². The summed E-state index contributed by atoms with van der Waals surface area (Å²) in [5, 5.41) is 5.60. The molecule has 0 saturated heterocycles. The lowest BCUT2D eigenvalue weighted by Crippen LogP contribution is -2.24. The van der Waals surface area contributed by atoms with E-state index in [0.29, 0.717) is 0 Å². The van der Waals surface area contributed by atoms with Crippen LogP contribution in [-0.2, 0) is 0 Å². The van der Waals surface area contributed by atoms with Gasteiger partial charge in [0.15, 0.2) is 0 Å². The minimum absolute atomic E-state index is 0.240. The zero-order chi connectivity index (χ0) is 15.2. The Morgan fingerprint density at radius 2 is 1.67 bits per heavy atom. The second-order valence-corrected chi connectivity index (χ2v) is 5.11. The molecule has 2 aromatic rings. The van der Waals surface area contributed by atoms with Crippen molar-refractivity contribution in [3.8, 4) is 0 Å². The van der Waals surface area contributed by atoms with Crippen LogP contribution < -0.4 is 10.6 Å². The third-order valence-electron chi connectivity index (χ3n) is 3.25. The molecular weight excluding hydrogens is 260 g/mol. The van der Waals surface area contributed by atoms with Crippen LogP contribution in [-0.4, -0.2) is 6.03 Å². The molecule has 21 heavy (non-hydrogen) atoms. The van der Waals surface area contributed by atoms with Crippen LogP contribution in [0.25, 0.3) is 6.08 Å². The van der Waals surface area contributed by atoms with E-state index in [1.807, 2.05) is 63.2 Å². The van der Waals surface area contributed by atoms with Gasteiger partial charge in [-0.25, -0.2) is 4.79 Å². The van der Waals surface area contributed by atoms with Crippen LogP contribution in [0.3, 0.4) is 0 Å². The standard InChI is InChI=1S/C18H20N2O/c1-13-6-4-9-16(12-13)10-11-19-18(21)20-17-14(2)7-5-8-15(17)3/h4-12H,1-3H3,(H2,19,20,21)/b11-10+. The van der Waals surface area contributed by atoms with Gasteiger partial charge >= 0.3 is 6.03 Å². The highest BCUT2D eigenvalue weighted by Crippen LogP contribution is 2.19. The number of carbonyl (C=O) groups is 1. The Labute approximate surface area is 125 Å². The summed E-state index contributed by atoms with van der Waals surface area (Å²) in [6.45, 7) is 5.99. The van der Waals surface area contributed by atoms with E-state index in [0.717, 1.165) is 22.4 Å². The van der Waals surface area contributed by atoms with Crippen LogP contribution in [0.2, 0.25) is 0 Å². The van der Waals surface area contributed by atoms with Crippen molar-refractivity contribution in [3.63, 3.8) is 0 Å². The second kappa shape index (κ2) is 6.75. The predicted octanol–water partition coefficient (Wildman–Crippen LogP) is 4.40. The van der Waals surface area contributed by atoms with Gasteiger partial charge in [-0.1, -0.05) is 48.0 Å². The number of carbonyl (C=O) groups excluding carboxylic acids is 1. The second-order valence-electron chi connectivity index (χ2n) is 5.11. The summed E-state index contributed by atoms with van der Waals surface area (Å²) in [4.78, 5) is 11.9. The van der Waals surface area contributed by atoms with Crippen molar-refractivity contribution in [1.82, 2.24) is 5.32 Å². The summed E-state index contributed by atoms with van der Waals surface area (Å²) >= 11 is 0. The molecule has 2 rings (SSSR count). The average molecular weight is 280 g/mol. The Bertz CT molecular complexity index is 654. The molecule has 0 bridgehead atoms. The van der Waals surface area contributed by atoms with Crippen molar-refractivity contribution >= 4 is 17.8 Å². The fourth-order valence-electron chi connectivity index (χ4n) is 2.15. The molecule has 0 radical (unpaired) electrons. The topological polar surface area (TPSA) is 41.1 Å². The lowest BCUT2D eigenvalue weighted by molar-refractivity contribution is 0.255. The van der Waals surface area contributed by atoms with Gasteiger partial charge in [-0.15, -0.1) is 0 Å². The Balaban J connectivity index is 1.96. The first kappa shape index (κ1) is 14.9. The van der Waals surface area contributed by atoms with E-state index < -0.39 is 0 Å². The molecule has 2 N–H and O–H groups in total. The van der Waals surface area contributed by atoms with Gasteiger partial charge in [0.1, 0.15) is 0 Å². The van der Waals surface area contributed by atoms with Crippen molar-refractivity contribution < 1.29 is 4.79 Å². The third-order valence-corrected chi connectivity index (χ3v) is 3.25. The molecule has 0 unspecified atom stereocenters. The average Bonchev–Trinajstić information content (AvgIpc) is 2.43. The van der Waals surface area contributed by atoms with Crippen molar-refractivity contribution in [3.05, 3.63) is 70.9 Å². The van der Waals surface area contributed by atoms with E-state index >= 15 is 0 Å². The number of hydrogen-bond acceptors (Lipinski definition) is 1. The Morgan fingerprint density at radius 1 is 1.00 bits per heavy atom. The largest absolute Gasteiger partial charge is 0.323 e. The lowest BCUT2D eigenvalue weighted by Gasteiger charge is -2.10. The van der Waals surface area contributed by atoms with E-state index in [1.165, 1.54) is 5.56 Å². The summed E-state index contributed by atoms with van der Waals surface area (Å²) in [6, 6.07) is 13.8. The number of rotatable bonds is 3. The van der Waals surface area contributed by atoms with Crippen molar-refractivity contribution in [2.45, 2.75) is 20.8 Å². The SMILES string of the molecule is Cc1cccc(/C=C/NC(=O)Nc2c(C)cccc2C)c1. The molecule has 0 fully saturated rings. The highest BCUT2D eigenvalue weighted by molar-refractivity contribution is 5.91. The summed E-state index contributed by atoms with van der Waals surface area (Å²) in [5.74, 6) is 0. The summed E-state index contributed by atoms with van der Waals surface area (Å²) < 4.78 is 0. The first-order valence-electron chi connectivity index (χ1n) is 6.93. The molecule has 0 heterocycles. The van der Waals surface area contributed by atoms with E-state index in [2.05, 4.69) is 16.7 Å². The van der Waals surface area contributed by atoms with Gasteiger partial charge in [0.05, 0.1) is 0 Å². The molecule has 0 saturated carbocycles. The molecule has 0 aliphatic rings. The van der Waals surface area contributed by atoms with Crippen molar-refractivity contribution in [1.29, 1.82) is 0 Å². The molecule has 2 amide bonds. The van der Waals surface area contributed by atoms with Crippen LogP contribution in [0.1, 0.15) is 22.3 Å². The van der Waals surface area contributed by atoms with Gasteiger partial charge < -0.3 is 10.6 Å². The molecule has 0 atom stereocenters. The first-order chi connectivity index (χ1) is 10.1. The molecule has 3 nitrogen and oxygen atoms in total. The Morgan fingerprint density at radius 3 is 2.33 bits per heavy atom. The zero-order valence-electron chi connectivity index (χ0n) is 12.6. The molecule has 108 valence electrons. The minimum Gasteiger partial charge on any atom is -0.314 e. The summed E-state index contributed by atoms with van der Waals surface area (Å²) in [5.41, 5.74) is 5.21. The minimum atomic E-state index is -0.240. The molecule has 0 aliphatic carbocycles. The van der Waals surface area contributed by atoms with Gasteiger partial charge in [-0.2, -0.15) is 0 Å². The Hall–Kier alpha value is -2.55. The molecule has 0 aromatic heterocycles. The van der Waals surface area contributed by atoms with Crippen molar-refractivity contribution in [2.75, 3.05) is 5.32 Å². The molecular formula is C18H20N2O. The first-order valence-corrected chi connectivity index (χ1v) is 6.93. The monoisotopic (exact) mass is 280 g/mol. The van der Waals surface area contributed by atoms with E-state index in [9.17, 15) is 4.79 Å². The lowest BCUT2D eigenvalue weighted by atomic mass is 10.1. The maximum atomic E-state index is 11.9. The predicted molar refractivity (Wildman–Crippen MR) is 88.3 cm³/mol. The van der Waals surface area contributed by atoms with Gasteiger partial charge in [0.25, 0.3) is 0 Å². The summed E-state index contributed by atoms with van der Waals surface area (Å²) in [7, 11) is 0. The zero-order valence-corrected chi connectivity index (χ0v) is 12.6. The molecule has 0 spiro atoms. The molecule has 2 aromatic carbocycles. The van der Waals surface area contributed by atoms with Gasteiger partial charge in [0.2, 0.25) is 0 Å². The fourth-order valence-corrected chi connectivity index (χ4v) is 2.15.